The number of aliphatic hydroxyl groups is 1. The van der Waals surface area contributed by atoms with E-state index >= 15 is 0 Å². The molecule has 6 nitrogen and oxygen atoms in total. The number of hydrogen-bond acceptors (Lipinski definition) is 4. The van der Waals surface area contributed by atoms with Gasteiger partial charge in [0, 0.05) is 23.9 Å². The number of aromatic nitrogens is 3. The van der Waals surface area contributed by atoms with Gasteiger partial charge in [0.1, 0.15) is 11.9 Å². The van der Waals surface area contributed by atoms with Gasteiger partial charge in [-0.05, 0) is 30.5 Å². The van der Waals surface area contributed by atoms with Crippen molar-refractivity contribution in [3.63, 3.8) is 0 Å². The number of alkyl halides is 1. The summed E-state index contributed by atoms with van der Waals surface area (Å²) >= 11 is 0. The van der Waals surface area contributed by atoms with Crippen molar-refractivity contribution >= 4 is 5.97 Å². The fraction of sp³-hybridized carbons (Fsp3) is 0.471. The predicted molar refractivity (Wildman–Crippen MR) is 85.2 cm³/mol. The third-order valence-electron chi connectivity index (χ3n) is 4.41. The van der Waals surface area contributed by atoms with E-state index in [1.165, 1.54) is 0 Å². The number of rotatable bonds is 7. The molecule has 1 saturated carbocycles. The molecule has 128 valence electrons. The van der Waals surface area contributed by atoms with E-state index < -0.39 is 18.1 Å². The van der Waals surface area contributed by atoms with Crippen LogP contribution in [0.3, 0.4) is 0 Å². The lowest BCUT2D eigenvalue weighted by atomic mass is 9.98. The van der Waals surface area contributed by atoms with Crippen LogP contribution in [0.25, 0.3) is 11.1 Å². The molecule has 3 unspecified atom stereocenters. The Morgan fingerprint density at radius 1 is 1.46 bits per heavy atom. The van der Waals surface area contributed by atoms with Gasteiger partial charge in [-0.1, -0.05) is 6.92 Å². The fourth-order valence-corrected chi connectivity index (χ4v) is 3.13. The molecule has 0 spiro atoms. The number of hydrogen-bond donors (Lipinski definition) is 2. The minimum absolute atomic E-state index is 0.141. The van der Waals surface area contributed by atoms with Crippen molar-refractivity contribution in [3.8, 4) is 11.1 Å². The molecule has 0 aliphatic heterocycles. The van der Waals surface area contributed by atoms with E-state index in [0.29, 0.717) is 23.4 Å². The number of carbonyl (C=O) groups is 1. The number of aliphatic carboxylic acids is 1. The number of halogens is 1. The van der Waals surface area contributed by atoms with Crippen LogP contribution in [0.5, 0.6) is 0 Å². The number of nitrogens with zero attached hydrogens (tertiary/aromatic N) is 3. The lowest BCUT2D eigenvalue weighted by Gasteiger charge is -2.09. The standard InChI is InChI=1S/C17H20FN3O3/c1-2-13(18)15-14(10-3-5-19-6-4-10)16(21(20-15)7-8-22)11-9-12(11)17(23)24/h3-6,11-13,22H,2,7-9H2,1H3,(H,23,24). The topological polar surface area (TPSA) is 88.2 Å². The molecule has 24 heavy (non-hydrogen) atoms. The highest BCUT2D eigenvalue weighted by atomic mass is 19.1. The lowest BCUT2D eigenvalue weighted by molar-refractivity contribution is -0.138. The van der Waals surface area contributed by atoms with Gasteiger partial charge in [0.05, 0.1) is 24.8 Å². The number of carboxylic acids is 1. The molecule has 0 saturated heterocycles. The molecule has 2 heterocycles. The van der Waals surface area contributed by atoms with E-state index in [1.807, 2.05) is 0 Å². The van der Waals surface area contributed by atoms with Gasteiger partial charge in [0.2, 0.25) is 0 Å². The monoisotopic (exact) mass is 333 g/mol. The first-order valence-corrected chi connectivity index (χ1v) is 8.07. The molecule has 0 bridgehead atoms. The SMILES string of the molecule is CCC(F)c1nn(CCO)c(C2CC2C(=O)O)c1-c1ccncc1. The van der Waals surface area contributed by atoms with Gasteiger partial charge in [-0.2, -0.15) is 5.10 Å². The molecule has 2 aromatic rings. The zero-order valence-electron chi connectivity index (χ0n) is 13.4. The van der Waals surface area contributed by atoms with Crippen LogP contribution in [0.4, 0.5) is 4.39 Å². The lowest BCUT2D eigenvalue weighted by Crippen LogP contribution is -2.10. The van der Waals surface area contributed by atoms with Gasteiger partial charge in [-0.15, -0.1) is 0 Å². The number of pyridine rings is 1. The summed E-state index contributed by atoms with van der Waals surface area (Å²) in [6.45, 7) is 1.81. The maximum Gasteiger partial charge on any atom is 0.307 e. The first-order valence-electron chi connectivity index (χ1n) is 8.07. The molecule has 1 aliphatic rings. The zero-order valence-corrected chi connectivity index (χ0v) is 13.4. The Kier molecular flexibility index (Phi) is 4.62. The van der Waals surface area contributed by atoms with Crippen molar-refractivity contribution in [2.75, 3.05) is 6.61 Å². The Morgan fingerprint density at radius 2 is 2.17 bits per heavy atom. The number of carboxylic acid groups (broad SMARTS) is 1. The Bertz CT molecular complexity index is 732. The average Bonchev–Trinajstić information content (AvgIpc) is 3.30. The van der Waals surface area contributed by atoms with Crippen molar-refractivity contribution in [1.29, 1.82) is 0 Å². The molecule has 2 aromatic heterocycles. The maximum atomic E-state index is 14.5. The molecule has 0 aromatic carbocycles. The first kappa shape index (κ1) is 16.6. The van der Waals surface area contributed by atoms with Crippen LogP contribution in [-0.2, 0) is 11.3 Å². The van der Waals surface area contributed by atoms with Gasteiger partial charge in [0.25, 0.3) is 0 Å². The minimum atomic E-state index is -1.24. The van der Waals surface area contributed by atoms with E-state index in [4.69, 9.17) is 0 Å². The molecular weight excluding hydrogens is 313 g/mol. The van der Waals surface area contributed by atoms with Crippen LogP contribution in [0.2, 0.25) is 0 Å². The predicted octanol–water partition coefficient (Wildman–Crippen LogP) is 2.55. The van der Waals surface area contributed by atoms with E-state index in [-0.39, 0.29) is 25.5 Å². The number of aliphatic hydroxyl groups excluding tert-OH is 1. The summed E-state index contributed by atoms with van der Waals surface area (Å²) in [5, 5.41) is 22.9. The Balaban J connectivity index is 2.17. The van der Waals surface area contributed by atoms with Gasteiger partial charge in [-0.3, -0.25) is 14.5 Å². The molecule has 0 amide bonds. The summed E-state index contributed by atoms with van der Waals surface area (Å²) < 4.78 is 16.1. The van der Waals surface area contributed by atoms with Crippen LogP contribution < -0.4 is 0 Å². The molecule has 3 atom stereocenters. The van der Waals surface area contributed by atoms with Crippen LogP contribution >= 0.6 is 0 Å². The quantitative estimate of drug-likeness (QED) is 0.813. The van der Waals surface area contributed by atoms with Crippen molar-refractivity contribution < 1.29 is 19.4 Å². The molecule has 0 radical (unpaired) electrons. The van der Waals surface area contributed by atoms with Crippen molar-refractivity contribution in [1.82, 2.24) is 14.8 Å². The van der Waals surface area contributed by atoms with Gasteiger partial charge in [-0.25, -0.2) is 4.39 Å². The molecule has 1 aliphatic carbocycles. The largest absolute Gasteiger partial charge is 0.481 e. The van der Waals surface area contributed by atoms with Gasteiger partial charge in [0.15, 0.2) is 0 Å². The molecular formula is C17H20FN3O3. The Hall–Kier alpha value is -2.28. The molecule has 1 fully saturated rings. The maximum absolute atomic E-state index is 14.5. The molecule has 3 rings (SSSR count). The summed E-state index contributed by atoms with van der Waals surface area (Å²) in [5.41, 5.74) is 2.43. The summed E-state index contributed by atoms with van der Waals surface area (Å²) in [6.07, 6.45) is 2.78. The second-order valence-corrected chi connectivity index (χ2v) is 5.99. The minimum Gasteiger partial charge on any atom is -0.481 e. The van der Waals surface area contributed by atoms with E-state index in [9.17, 15) is 19.4 Å². The van der Waals surface area contributed by atoms with E-state index in [2.05, 4.69) is 10.1 Å². The fourth-order valence-electron chi connectivity index (χ4n) is 3.13. The van der Waals surface area contributed by atoms with Crippen LogP contribution in [0.15, 0.2) is 24.5 Å². The van der Waals surface area contributed by atoms with E-state index in [0.717, 1.165) is 5.56 Å². The van der Waals surface area contributed by atoms with Gasteiger partial charge >= 0.3 is 5.97 Å². The summed E-state index contributed by atoms with van der Waals surface area (Å²) in [5.74, 6) is -1.54. The highest BCUT2D eigenvalue weighted by Gasteiger charge is 2.48. The van der Waals surface area contributed by atoms with Crippen molar-refractivity contribution in [2.24, 2.45) is 5.92 Å². The third kappa shape index (κ3) is 2.91. The smallest absolute Gasteiger partial charge is 0.307 e. The van der Waals surface area contributed by atoms with Crippen LogP contribution in [0.1, 0.15) is 43.2 Å². The molecule has 2 N–H and O–H groups in total. The zero-order chi connectivity index (χ0) is 17.3. The van der Waals surface area contributed by atoms with Crippen LogP contribution in [-0.4, -0.2) is 37.6 Å². The summed E-state index contributed by atoms with van der Waals surface area (Å²) in [6, 6.07) is 3.54. The summed E-state index contributed by atoms with van der Waals surface area (Å²) in [4.78, 5) is 15.3. The first-order chi connectivity index (χ1) is 11.6. The Labute approximate surface area is 139 Å². The second-order valence-electron chi connectivity index (χ2n) is 5.99. The second kappa shape index (κ2) is 6.68. The Morgan fingerprint density at radius 3 is 2.71 bits per heavy atom. The van der Waals surface area contributed by atoms with Crippen LogP contribution in [0, 0.1) is 5.92 Å². The van der Waals surface area contributed by atoms with Crippen molar-refractivity contribution in [2.45, 2.75) is 38.4 Å². The summed E-state index contributed by atoms with van der Waals surface area (Å²) in [7, 11) is 0. The van der Waals surface area contributed by atoms with Gasteiger partial charge < -0.3 is 10.2 Å². The normalized spacial score (nSPS) is 20.8. The highest BCUT2D eigenvalue weighted by molar-refractivity contribution is 5.78. The van der Waals surface area contributed by atoms with Crippen molar-refractivity contribution in [3.05, 3.63) is 35.9 Å². The third-order valence-corrected chi connectivity index (χ3v) is 4.41. The average molecular weight is 333 g/mol. The van der Waals surface area contributed by atoms with E-state index in [1.54, 1.807) is 36.1 Å². The molecule has 7 heteroatoms. The highest BCUT2D eigenvalue weighted by Crippen LogP contribution is 2.52.